The van der Waals surface area contributed by atoms with Gasteiger partial charge in [-0.3, -0.25) is 0 Å². The Morgan fingerprint density at radius 3 is 2.77 bits per heavy atom. The number of likely N-dealkylation sites (tertiary alicyclic amines) is 1. The van der Waals surface area contributed by atoms with Crippen LogP contribution in [0.1, 0.15) is 31.7 Å². The van der Waals surface area contributed by atoms with Gasteiger partial charge in [0.2, 0.25) is 0 Å². The third-order valence-corrected chi connectivity index (χ3v) is 5.18. The van der Waals surface area contributed by atoms with Crippen LogP contribution in [0.3, 0.4) is 0 Å². The maximum atomic E-state index is 5.49. The summed E-state index contributed by atoms with van der Waals surface area (Å²) in [6.07, 6.45) is 3.72. The summed E-state index contributed by atoms with van der Waals surface area (Å²) in [7, 11) is 8.40. The van der Waals surface area contributed by atoms with Crippen LogP contribution in [0, 0.1) is 5.92 Å². The van der Waals surface area contributed by atoms with Gasteiger partial charge in [-0.2, -0.15) is 0 Å². The van der Waals surface area contributed by atoms with Gasteiger partial charge >= 0.3 is 0 Å². The van der Waals surface area contributed by atoms with Crippen LogP contribution in [-0.4, -0.2) is 57.7 Å². The number of rotatable bonds is 6. The number of nitrogens with zero attached hydrogens (tertiary/aromatic N) is 2. The summed E-state index contributed by atoms with van der Waals surface area (Å²) in [4.78, 5) is 4.83. The van der Waals surface area contributed by atoms with Gasteiger partial charge in [-0.1, -0.05) is 25.5 Å². The first-order chi connectivity index (χ1) is 10.5. The molecule has 1 aromatic carbocycles. The molecular formula is C19H32N2O. The molecule has 3 nitrogen and oxygen atoms in total. The van der Waals surface area contributed by atoms with Gasteiger partial charge in [-0.05, 0) is 64.1 Å². The lowest BCUT2D eigenvalue weighted by Gasteiger charge is -2.49. The standard InChI is InChI=1S/C19H32N2O/c1-6-10-19(16-8-7-9-18(13-16)22-5)11-12-21(4)15-17(19)14-20(2)3/h7-9,13,17H,6,10-12,14-15H2,1-5H3. The second-order valence-electron chi connectivity index (χ2n) is 7.11. The van der Waals surface area contributed by atoms with Gasteiger partial charge in [-0.15, -0.1) is 0 Å². The zero-order chi connectivity index (χ0) is 16.2. The fourth-order valence-corrected chi connectivity index (χ4v) is 4.14. The Hall–Kier alpha value is -1.06. The van der Waals surface area contributed by atoms with Crippen molar-refractivity contribution >= 4 is 0 Å². The maximum absolute atomic E-state index is 5.49. The molecule has 1 saturated heterocycles. The van der Waals surface area contributed by atoms with Crippen molar-refractivity contribution < 1.29 is 4.74 Å². The van der Waals surface area contributed by atoms with Crippen molar-refractivity contribution in [2.45, 2.75) is 31.6 Å². The van der Waals surface area contributed by atoms with Crippen LogP contribution < -0.4 is 4.74 Å². The number of hydrogen-bond acceptors (Lipinski definition) is 3. The van der Waals surface area contributed by atoms with Gasteiger partial charge in [-0.25, -0.2) is 0 Å². The topological polar surface area (TPSA) is 15.7 Å². The number of piperidine rings is 1. The number of hydrogen-bond donors (Lipinski definition) is 0. The molecule has 1 fully saturated rings. The minimum Gasteiger partial charge on any atom is -0.497 e. The summed E-state index contributed by atoms with van der Waals surface area (Å²) in [6.45, 7) is 5.81. The fourth-order valence-electron chi connectivity index (χ4n) is 4.14. The van der Waals surface area contributed by atoms with Crippen molar-refractivity contribution in [3.05, 3.63) is 29.8 Å². The lowest BCUT2D eigenvalue weighted by Crippen LogP contribution is -2.52. The number of benzene rings is 1. The molecule has 0 N–H and O–H groups in total. The smallest absolute Gasteiger partial charge is 0.119 e. The van der Waals surface area contributed by atoms with Crippen LogP contribution in [0.4, 0.5) is 0 Å². The average Bonchev–Trinajstić information content (AvgIpc) is 2.50. The fraction of sp³-hybridized carbons (Fsp3) is 0.684. The molecule has 0 saturated carbocycles. The molecule has 0 spiro atoms. The van der Waals surface area contributed by atoms with Gasteiger partial charge in [0.25, 0.3) is 0 Å². The predicted octanol–water partition coefficient (Wildman–Crippen LogP) is 3.25. The molecule has 1 aliphatic heterocycles. The first-order valence-electron chi connectivity index (χ1n) is 8.49. The molecule has 0 aromatic heterocycles. The van der Waals surface area contributed by atoms with Gasteiger partial charge in [0.1, 0.15) is 5.75 Å². The molecule has 1 heterocycles. The van der Waals surface area contributed by atoms with E-state index in [-0.39, 0.29) is 5.41 Å². The zero-order valence-electron chi connectivity index (χ0n) is 14.9. The molecule has 0 radical (unpaired) electrons. The van der Waals surface area contributed by atoms with Crippen LogP contribution in [0.15, 0.2) is 24.3 Å². The van der Waals surface area contributed by atoms with Crippen molar-refractivity contribution in [2.24, 2.45) is 5.92 Å². The largest absolute Gasteiger partial charge is 0.497 e. The van der Waals surface area contributed by atoms with Crippen molar-refractivity contribution in [1.29, 1.82) is 0 Å². The third kappa shape index (κ3) is 3.64. The highest BCUT2D eigenvalue weighted by Crippen LogP contribution is 2.44. The van der Waals surface area contributed by atoms with Crippen molar-refractivity contribution in [2.75, 3.05) is 47.9 Å². The molecule has 2 atom stereocenters. The average molecular weight is 304 g/mol. The molecule has 1 aromatic rings. The van der Waals surface area contributed by atoms with Crippen LogP contribution in [0.2, 0.25) is 0 Å². The third-order valence-electron chi connectivity index (χ3n) is 5.18. The Morgan fingerprint density at radius 1 is 1.36 bits per heavy atom. The van der Waals surface area contributed by atoms with E-state index in [4.69, 9.17) is 4.74 Å². The zero-order valence-corrected chi connectivity index (χ0v) is 14.9. The SMILES string of the molecule is CCCC1(c2cccc(OC)c2)CCN(C)CC1CN(C)C. The molecule has 0 bridgehead atoms. The molecule has 2 rings (SSSR count). The highest BCUT2D eigenvalue weighted by atomic mass is 16.5. The highest BCUT2D eigenvalue weighted by Gasteiger charge is 2.43. The molecule has 0 amide bonds. The monoisotopic (exact) mass is 304 g/mol. The van der Waals surface area contributed by atoms with Crippen molar-refractivity contribution in [1.82, 2.24) is 9.80 Å². The summed E-state index contributed by atoms with van der Waals surface area (Å²) >= 11 is 0. The Balaban J connectivity index is 2.42. The maximum Gasteiger partial charge on any atom is 0.119 e. The number of ether oxygens (including phenoxy) is 1. The molecule has 0 aliphatic carbocycles. The molecule has 3 heteroatoms. The quantitative estimate of drug-likeness (QED) is 0.802. The van der Waals surface area contributed by atoms with E-state index in [2.05, 4.69) is 62.1 Å². The minimum atomic E-state index is 0.278. The normalized spacial score (nSPS) is 26.4. The lowest BCUT2D eigenvalue weighted by molar-refractivity contribution is 0.0801. The van der Waals surface area contributed by atoms with E-state index in [1.807, 2.05) is 0 Å². The summed E-state index contributed by atoms with van der Waals surface area (Å²) in [5, 5.41) is 0. The molecule has 22 heavy (non-hydrogen) atoms. The van der Waals surface area contributed by atoms with E-state index < -0.39 is 0 Å². The van der Waals surface area contributed by atoms with Crippen LogP contribution in [-0.2, 0) is 5.41 Å². The lowest BCUT2D eigenvalue weighted by atomic mass is 9.63. The molecule has 124 valence electrons. The Labute approximate surface area is 136 Å². The Morgan fingerprint density at radius 2 is 2.14 bits per heavy atom. The second kappa shape index (κ2) is 7.47. The first-order valence-corrected chi connectivity index (χ1v) is 8.49. The summed E-state index contributed by atoms with van der Waals surface area (Å²) < 4.78 is 5.49. The molecule has 1 aliphatic rings. The van der Waals surface area contributed by atoms with E-state index in [1.165, 1.54) is 37.9 Å². The van der Waals surface area contributed by atoms with Gasteiger partial charge in [0.15, 0.2) is 0 Å². The summed E-state index contributed by atoms with van der Waals surface area (Å²) in [6, 6.07) is 8.78. The summed E-state index contributed by atoms with van der Waals surface area (Å²) in [5.41, 5.74) is 1.74. The first kappa shape index (κ1) is 17.3. The van der Waals surface area contributed by atoms with Crippen LogP contribution in [0.5, 0.6) is 5.75 Å². The van der Waals surface area contributed by atoms with Gasteiger partial charge in [0.05, 0.1) is 7.11 Å². The Bertz CT molecular complexity index is 472. The van der Waals surface area contributed by atoms with E-state index in [0.717, 1.165) is 12.3 Å². The molecule has 2 unspecified atom stereocenters. The van der Waals surface area contributed by atoms with Crippen molar-refractivity contribution in [3.8, 4) is 5.75 Å². The Kier molecular flexibility index (Phi) is 5.87. The van der Waals surface area contributed by atoms with Gasteiger partial charge in [0, 0.05) is 18.5 Å². The van der Waals surface area contributed by atoms with Crippen LogP contribution in [0.25, 0.3) is 0 Å². The predicted molar refractivity (Wildman–Crippen MR) is 93.7 cm³/mol. The van der Waals surface area contributed by atoms with Crippen LogP contribution >= 0.6 is 0 Å². The van der Waals surface area contributed by atoms with Gasteiger partial charge < -0.3 is 14.5 Å². The number of methoxy groups -OCH3 is 1. The second-order valence-corrected chi connectivity index (χ2v) is 7.11. The summed E-state index contributed by atoms with van der Waals surface area (Å²) in [5.74, 6) is 1.64. The van der Waals surface area contributed by atoms with Crippen molar-refractivity contribution in [3.63, 3.8) is 0 Å². The van der Waals surface area contributed by atoms with E-state index >= 15 is 0 Å². The highest BCUT2D eigenvalue weighted by molar-refractivity contribution is 5.35. The minimum absolute atomic E-state index is 0.278. The van der Waals surface area contributed by atoms with E-state index in [1.54, 1.807) is 7.11 Å². The van der Waals surface area contributed by atoms with E-state index in [9.17, 15) is 0 Å². The van der Waals surface area contributed by atoms with E-state index in [0.29, 0.717) is 5.92 Å². The molecular weight excluding hydrogens is 272 g/mol.